The Kier molecular flexibility index (Phi) is 5.12. The van der Waals surface area contributed by atoms with E-state index in [2.05, 4.69) is 5.32 Å². The van der Waals surface area contributed by atoms with Gasteiger partial charge in [0.15, 0.2) is 5.54 Å². The largest absolute Gasteiger partial charge is 0.467 e. The molecule has 1 aromatic heterocycles. The third-order valence-electron chi connectivity index (χ3n) is 4.68. The number of esters is 1. The second-order valence-corrected chi connectivity index (χ2v) is 6.81. The van der Waals surface area contributed by atoms with Crippen molar-refractivity contribution in [3.63, 3.8) is 0 Å². The molecule has 8 heteroatoms. The molecule has 0 saturated carbocycles. The van der Waals surface area contributed by atoms with Crippen molar-refractivity contribution < 1.29 is 23.1 Å². The second kappa shape index (κ2) is 7.24. The summed E-state index contributed by atoms with van der Waals surface area (Å²) < 4.78 is 34.4. The summed E-state index contributed by atoms with van der Waals surface area (Å²) in [5.74, 6) is -3.32. The van der Waals surface area contributed by atoms with Crippen LogP contribution in [0.1, 0.15) is 23.0 Å². The first-order valence-electron chi connectivity index (χ1n) is 8.30. The number of nitrogens with zero attached hydrogens (tertiary/aromatic N) is 1. The molecule has 0 radical (unpaired) electrons. The van der Waals surface area contributed by atoms with E-state index in [0.29, 0.717) is 10.9 Å². The lowest BCUT2D eigenvalue weighted by molar-refractivity contribution is -0.148. The Morgan fingerprint density at radius 1 is 1.18 bits per heavy atom. The molecule has 5 nitrogen and oxygen atoms in total. The van der Waals surface area contributed by atoms with Gasteiger partial charge in [-0.2, -0.15) is 0 Å². The molecule has 0 aliphatic carbocycles. The predicted octanol–water partition coefficient (Wildman–Crippen LogP) is 3.93. The smallest absolute Gasteiger partial charge is 0.336 e. The van der Waals surface area contributed by atoms with Gasteiger partial charge in [-0.05, 0) is 31.2 Å². The van der Waals surface area contributed by atoms with E-state index in [1.165, 1.54) is 6.92 Å². The van der Waals surface area contributed by atoms with Gasteiger partial charge in [0.2, 0.25) is 0 Å². The fourth-order valence-corrected chi connectivity index (χ4v) is 3.57. The second-order valence-electron chi connectivity index (χ2n) is 6.43. The Hall–Kier alpha value is -2.93. The molecule has 0 fully saturated rings. The minimum Gasteiger partial charge on any atom is -0.467 e. The molecule has 0 aliphatic heterocycles. The molecule has 146 valence electrons. The standard InChI is InChI=1S/C20H17ClF2N2O3/c1-20(19(27)28-3,13-10-11(22)8-9-14(13)23)24-18(26)17-16(21)12-6-4-5-7-15(12)25(17)2/h4-10H,1-3H3,(H,24,26)/t20-/m0/s1. The normalized spacial score (nSPS) is 13.2. The van der Waals surface area contributed by atoms with Gasteiger partial charge in [-0.25, -0.2) is 13.6 Å². The minimum absolute atomic E-state index is 0.0785. The monoisotopic (exact) mass is 406 g/mol. The van der Waals surface area contributed by atoms with Gasteiger partial charge in [0.1, 0.15) is 17.3 Å². The van der Waals surface area contributed by atoms with Crippen molar-refractivity contribution in [2.45, 2.75) is 12.5 Å². The number of hydrogen-bond donors (Lipinski definition) is 1. The van der Waals surface area contributed by atoms with Crippen LogP contribution in [0.5, 0.6) is 0 Å². The minimum atomic E-state index is -1.97. The lowest BCUT2D eigenvalue weighted by Gasteiger charge is -2.29. The maximum Gasteiger partial charge on any atom is 0.336 e. The third-order valence-corrected chi connectivity index (χ3v) is 5.07. The van der Waals surface area contributed by atoms with Gasteiger partial charge in [-0.3, -0.25) is 4.79 Å². The highest BCUT2D eigenvalue weighted by atomic mass is 35.5. The number of nitrogens with one attached hydrogen (secondary N) is 1. The van der Waals surface area contributed by atoms with Crippen molar-refractivity contribution in [1.29, 1.82) is 0 Å². The number of para-hydroxylation sites is 1. The van der Waals surface area contributed by atoms with Crippen LogP contribution in [-0.2, 0) is 22.1 Å². The number of fused-ring (bicyclic) bond motifs is 1. The van der Waals surface area contributed by atoms with Crippen molar-refractivity contribution >= 4 is 34.4 Å². The van der Waals surface area contributed by atoms with Crippen molar-refractivity contribution in [3.05, 3.63) is 70.4 Å². The molecule has 0 aliphatic rings. The predicted molar refractivity (Wildman–Crippen MR) is 101 cm³/mol. The van der Waals surface area contributed by atoms with Crippen molar-refractivity contribution in [2.24, 2.45) is 7.05 Å². The Bertz CT molecular complexity index is 1060. The van der Waals surface area contributed by atoms with Gasteiger partial charge in [0.05, 0.1) is 12.1 Å². The van der Waals surface area contributed by atoms with Crippen LogP contribution in [0, 0.1) is 11.6 Å². The molecule has 3 rings (SSSR count). The molecule has 1 heterocycles. The number of carbonyl (C=O) groups is 2. The van der Waals surface area contributed by atoms with E-state index in [1.54, 1.807) is 35.9 Å². The summed E-state index contributed by atoms with van der Waals surface area (Å²) in [7, 11) is 2.73. The number of methoxy groups -OCH3 is 1. The number of ether oxygens (including phenoxy) is 1. The summed E-state index contributed by atoms with van der Waals surface area (Å²) in [6.45, 7) is 1.24. The number of benzene rings is 2. The highest BCUT2D eigenvalue weighted by Gasteiger charge is 2.41. The lowest BCUT2D eigenvalue weighted by Crippen LogP contribution is -2.51. The molecular weight excluding hydrogens is 390 g/mol. The molecule has 1 atom stereocenters. The molecule has 28 heavy (non-hydrogen) atoms. The number of halogens is 3. The number of aromatic nitrogens is 1. The summed E-state index contributed by atoms with van der Waals surface area (Å²) in [6.07, 6.45) is 0. The van der Waals surface area contributed by atoms with Crippen LogP contribution < -0.4 is 5.32 Å². The number of carbonyl (C=O) groups excluding carboxylic acids is 2. The van der Waals surface area contributed by atoms with E-state index in [4.69, 9.17) is 16.3 Å². The van der Waals surface area contributed by atoms with Gasteiger partial charge >= 0.3 is 5.97 Å². The van der Waals surface area contributed by atoms with E-state index in [9.17, 15) is 18.4 Å². The van der Waals surface area contributed by atoms with Crippen molar-refractivity contribution in [3.8, 4) is 0 Å². The van der Waals surface area contributed by atoms with E-state index >= 15 is 0 Å². The zero-order valence-electron chi connectivity index (χ0n) is 15.3. The Morgan fingerprint density at radius 3 is 2.50 bits per heavy atom. The van der Waals surface area contributed by atoms with Crippen LogP contribution >= 0.6 is 11.6 Å². The Labute approximate surface area is 164 Å². The van der Waals surface area contributed by atoms with Crippen molar-refractivity contribution in [2.75, 3.05) is 7.11 Å². The maximum atomic E-state index is 14.4. The number of rotatable bonds is 4. The summed E-state index contributed by atoms with van der Waals surface area (Å²) in [4.78, 5) is 25.5. The highest BCUT2D eigenvalue weighted by molar-refractivity contribution is 6.38. The number of hydrogen-bond acceptors (Lipinski definition) is 3. The van der Waals surface area contributed by atoms with E-state index in [0.717, 1.165) is 25.3 Å². The van der Waals surface area contributed by atoms with Crippen LogP contribution in [0.25, 0.3) is 10.9 Å². The summed E-state index contributed by atoms with van der Waals surface area (Å²) >= 11 is 6.37. The van der Waals surface area contributed by atoms with Gasteiger partial charge in [-0.1, -0.05) is 29.8 Å². The van der Waals surface area contributed by atoms with Crippen LogP contribution in [0.15, 0.2) is 42.5 Å². The summed E-state index contributed by atoms with van der Waals surface area (Å²) in [5, 5.41) is 3.29. The fraction of sp³-hybridized carbons (Fsp3) is 0.200. The van der Waals surface area contributed by atoms with Gasteiger partial charge < -0.3 is 14.6 Å². The van der Waals surface area contributed by atoms with E-state index in [1.807, 2.05) is 0 Å². The van der Waals surface area contributed by atoms with Crippen LogP contribution in [0.4, 0.5) is 8.78 Å². The zero-order valence-corrected chi connectivity index (χ0v) is 16.1. The van der Waals surface area contributed by atoms with Crippen molar-refractivity contribution in [1.82, 2.24) is 9.88 Å². The molecule has 1 amide bonds. The molecule has 1 N–H and O–H groups in total. The molecular formula is C20H17ClF2N2O3. The van der Waals surface area contributed by atoms with Crippen LogP contribution in [0.2, 0.25) is 5.02 Å². The molecule has 0 unspecified atom stereocenters. The average molecular weight is 407 g/mol. The lowest BCUT2D eigenvalue weighted by atomic mass is 9.91. The molecule has 0 bridgehead atoms. The average Bonchev–Trinajstić information content (AvgIpc) is 2.93. The maximum absolute atomic E-state index is 14.4. The van der Waals surface area contributed by atoms with E-state index in [-0.39, 0.29) is 16.3 Å². The van der Waals surface area contributed by atoms with Crippen LogP contribution in [-0.4, -0.2) is 23.6 Å². The molecule has 3 aromatic rings. The number of aryl methyl sites for hydroxylation is 1. The topological polar surface area (TPSA) is 60.3 Å². The SMILES string of the molecule is COC(=O)[C@@](C)(NC(=O)c1c(Cl)c2ccccc2n1C)c1cc(F)ccc1F. The summed E-state index contributed by atoms with van der Waals surface area (Å²) in [5.41, 5.74) is -1.55. The third kappa shape index (κ3) is 3.11. The zero-order chi connectivity index (χ0) is 20.6. The quantitative estimate of drug-likeness (QED) is 0.668. The Balaban J connectivity index is 2.11. The molecule has 0 spiro atoms. The Morgan fingerprint density at radius 2 is 1.86 bits per heavy atom. The number of amides is 1. The van der Waals surface area contributed by atoms with Gasteiger partial charge in [-0.15, -0.1) is 0 Å². The first-order chi connectivity index (χ1) is 13.2. The highest BCUT2D eigenvalue weighted by Crippen LogP contribution is 2.32. The van der Waals surface area contributed by atoms with E-state index < -0.39 is 29.0 Å². The van der Waals surface area contributed by atoms with Crippen LogP contribution in [0.3, 0.4) is 0 Å². The van der Waals surface area contributed by atoms with Gasteiger partial charge in [0.25, 0.3) is 5.91 Å². The molecule has 2 aromatic carbocycles. The summed E-state index contributed by atoms with van der Waals surface area (Å²) in [6, 6.07) is 9.73. The fourth-order valence-electron chi connectivity index (χ4n) is 3.20. The van der Waals surface area contributed by atoms with Gasteiger partial charge in [0, 0.05) is 23.5 Å². The molecule has 0 saturated heterocycles. The first kappa shape index (κ1) is 19.8. The first-order valence-corrected chi connectivity index (χ1v) is 8.68.